The molecule has 2 N–H and O–H groups in total. The van der Waals surface area contributed by atoms with Crippen LogP contribution in [0.2, 0.25) is 0 Å². The monoisotopic (exact) mass is 337 g/mol. The lowest BCUT2D eigenvalue weighted by atomic mass is 9.83. The summed E-state index contributed by atoms with van der Waals surface area (Å²) in [5.41, 5.74) is 7.66. The topological polar surface area (TPSA) is 35.2 Å². The Kier molecular flexibility index (Phi) is 4.37. The predicted octanol–water partition coefficient (Wildman–Crippen LogP) is 4.67. The van der Waals surface area contributed by atoms with Crippen LogP contribution in [-0.2, 0) is 0 Å². The highest BCUT2D eigenvalue weighted by Gasteiger charge is 2.39. The fraction of sp³-hybridized carbons (Fsp3) is 0.647. The standard InChI is InChI=1S/C17H24BrNO/c1-2-20-17-6-5-13(9-15(17)18)16(19)10-14-8-11-3-4-12(14)7-11/h5-6,9,11-12,14,16H,2-4,7-8,10,19H2,1H3. The molecule has 0 aromatic heterocycles. The number of ether oxygens (including phenoxy) is 1. The van der Waals surface area contributed by atoms with Crippen LogP contribution >= 0.6 is 15.9 Å². The Morgan fingerprint density at radius 2 is 2.20 bits per heavy atom. The van der Waals surface area contributed by atoms with Gasteiger partial charge in [0, 0.05) is 6.04 Å². The van der Waals surface area contributed by atoms with Gasteiger partial charge in [-0.15, -0.1) is 0 Å². The van der Waals surface area contributed by atoms with Gasteiger partial charge >= 0.3 is 0 Å². The second kappa shape index (κ2) is 6.07. The maximum Gasteiger partial charge on any atom is 0.133 e. The summed E-state index contributed by atoms with van der Waals surface area (Å²) < 4.78 is 6.57. The minimum atomic E-state index is 0.159. The minimum Gasteiger partial charge on any atom is -0.493 e. The quantitative estimate of drug-likeness (QED) is 0.846. The third-order valence-electron chi connectivity index (χ3n) is 5.13. The Balaban J connectivity index is 1.65. The molecule has 0 aliphatic heterocycles. The van der Waals surface area contributed by atoms with E-state index in [9.17, 15) is 0 Å². The summed E-state index contributed by atoms with van der Waals surface area (Å²) in [4.78, 5) is 0. The largest absolute Gasteiger partial charge is 0.493 e. The predicted molar refractivity (Wildman–Crippen MR) is 85.8 cm³/mol. The zero-order valence-corrected chi connectivity index (χ0v) is 13.7. The van der Waals surface area contributed by atoms with Gasteiger partial charge in [0.25, 0.3) is 0 Å². The van der Waals surface area contributed by atoms with Crippen LogP contribution in [0.4, 0.5) is 0 Å². The molecular weight excluding hydrogens is 314 g/mol. The van der Waals surface area contributed by atoms with Gasteiger partial charge in [0.15, 0.2) is 0 Å². The van der Waals surface area contributed by atoms with E-state index in [1.807, 2.05) is 13.0 Å². The number of benzene rings is 1. The van der Waals surface area contributed by atoms with E-state index in [1.165, 1.54) is 31.2 Å². The molecule has 4 unspecified atom stereocenters. The molecule has 1 aromatic rings. The first-order valence-corrected chi connectivity index (χ1v) is 8.64. The second-order valence-corrected chi connectivity index (χ2v) is 7.25. The van der Waals surface area contributed by atoms with E-state index in [0.717, 1.165) is 34.4 Å². The zero-order valence-electron chi connectivity index (χ0n) is 12.1. The second-order valence-electron chi connectivity index (χ2n) is 6.40. The van der Waals surface area contributed by atoms with Crippen LogP contribution in [0.15, 0.2) is 22.7 Å². The summed E-state index contributed by atoms with van der Waals surface area (Å²) in [6, 6.07) is 6.44. The van der Waals surface area contributed by atoms with Gasteiger partial charge in [-0.05, 0) is 84.0 Å². The average molecular weight is 338 g/mol. The zero-order chi connectivity index (χ0) is 14.1. The molecular formula is C17H24BrNO. The normalized spacial score (nSPS) is 29.6. The van der Waals surface area contributed by atoms with Crippen molar-refractivity contribution >= 4 is 15.9 Å². The highest BCUT2D eigenvalue weighted by molar-refractivity contribution is 9.10. The van der Waals surface area contributed by atoms with Gasteiger partial charge in [-0.1, -0.05) is 12.5 Å². The maximum atomic E-state index is 6.44. The van der Waals surface area contributed by atoms with Crippen LogP contribution in [-0.4, -0.2) is 6.61 Å². The van der Waals surface area contributed by atoms with Crippen LogP contribution in [0, 0.1) is 17.8 Å². The molecule has 0 heterocycles. The summed E-state index contributed by atoms with van der Waals surface area (Å²) in [6.45, 7) is 2.69. The van der Waals surface area contributed by atoms with E-state index in [2.05, 4.69) is 28.1 Å². The van der Waals surface area contributed by atoms with E-state index in [1.54, 1.807) is 0 Å². The van der Waals surface area contributed by atoms with E-state index < -0.39 is 0 Å². The summed E-state index contributed by atoms with van der Waals surface area (Å²) in [6.07, 6.45) is 6.92. The lowest BCUT2D eigenvalue weighted by Gasteiger charge is -2.25. The van der Waals surface area contributed by atoms with Gasteiger partial charge in [-0.2, -0.15) is 0 Å². The molecule has 0 saturated heterocycles. The van der Waals surface area contributed by atoms with Gasteiger partial charge in [0.05, 0.1) is 11.1 Å². The van der Waals surface area contributed by atoms with Gasteiger partial charge in [-0.25, -0.2) is 0 Å². The van der Waals surface area contributed by atoms with Gasteiger partial charge < -0.3 is 10.5 Å². The molecule has 0 amide bonds. The van der Waals surface area contributed by atoms with Crippen molar-refractivity contribution in [3.63, 3.8) is 0 Å². The SMILES string of the molecule is CCOc1ccc(C(N)CC2CC3CCC2C3)cc1Br. The molecule has 0 spiro atoms. The van der Waals surface area contributed by atoms with Crippen LogP contribution < -0.4 is 10.5 Å². The average Bonchev–Trinajstić information content (AvgIpc) is 3.03. The molecule has 2 nitrogen and oxygen atoms in total. The van der Waals surface area contributed by atoms with Crippen LogP contribution in [0.1, 0.15) is 50.6 Å². The molecule has 2 bridgehead atoms. The molecule has 110 valence electrons. The summed E-state index contributed by atoms with van der Waals surface area (Å²) >= 11 is 3.58. The molecule has 2 aliphatic carbocycles. The molecule has 2 aliphatic rings. The molecule has 0 radical (unpaired) electrons. The van der Waals surface area contributed by atoms with Crippen molar-refractivity contribution in [3.8, 4) is 5.75 Å². The molecule has 3 rings (SSSR count). The van der Waals surface area contributed by atoms with Gasteiger partial charge in [0.1, 0.15) is 5.75 Å². The van der Waals surface area contributed by atoms with Crippen molar-refractivity contribution in [3.05, 3.63) is 28.2 Å². The van der Waals surface area contributed by atoms with Crippen LogP contribution in [0.3, 0.4) is 0 Å². The number of nitrogens with two attached hydrogens (primary N) is 1. The molecule has 4 atom stereocenters. The minimum absolute atomic E-state index is 0.159. The lowest BCUT2D eigenvalue weighted by Crippen LogP contribution is -2.19. The number of hydrogen-bond donors (Lipinski definition) is 1. The first-order valence-electron chi connectivity index (χ1n) is 7.85. The first kappa shape index (κ1) is 14.4. The van der Waals surface area contributed by atoms with Crippen molar-refractivity contribution in [1.29, 1.82) is 0 Å². The molecule has 3 heteroatoms. The Bertz CT molecular complexity index is 476. The number of halogens is 1. The molecule has 2 fully saturated rings. The van der Waals surface area contributed by atoms with Crippen molar-refractivity contribution in [1.82, 2.24) is 0 Å². The maximum absolute atomic E-state index is 6.44. The highest BCUT2D eigenvalue weighted by atomic mass is 79.9. The van der Waals surface area contributed by atoms with E-state index in [-0.39, 0.29) is 6.04 Å². The fourth-order valence-corrected chi connectivity index (χ4v) is 4.66. The number of hydrogen-bond acceptors (Lipinski definition) is 2. The summed E-state index contributed by atoms with van der Waals surface area (Å²) in [7, 11) is 0. The van der Waals surface area contributed by atoms with Crippen molar-refractivity contribution in [2.24, 2.45) is 23.5 Å². The Morgan fingerprint density at radius 1 is 1.35 bits per heavy atom. The first-order chi connectivity index (χ1) is 9.67. The number of rotatable bonds is 5. The van der Waals surface area contributed by atoms with E-state index in [0.29, 0.717) is 6.61 Å². The van der Waals surface area contributed by atoms with Gasteiger partial charge in [0.2, 0.25) is 0 Å². The van der Waals surface area contributed by atoms with Crippen molar-refractivity contribution < 1.29 is 4.74 Å². The Morgan fingerprint density at radius 3 is 2.80 bits per heavy atom. The number of fused-ring (bicyclic) bond motifs is 2. The van der Waals surface area contributed by atoms with Crippen LogP contribution in [0.5, 0.6) is 5.75 Å². The third kappa shape index (κ3) is 2.89. The Labute approximate surface area is 130 Å². The molecule has 20 heavy (non-hydrogen) atoms. The Hall–Kier alpha value is -0.540. The smallest absolute Gasteiger partial charge is 0.133 e. The summed E-state index contributed by atoms with van der Waals surface area (Å²) in [5.74, 6) is 3.72. The van der Waals surface area contributed by atoms with Crippen molar-refractivity contribution in [2.45, 2.75) is 45.1 Å². The summed E-state index contributed by atoms with van der Waals surface area (Å²) in [5, 5.41) is 0. The van der Waals surface area contributed by atoms with Crippen molar-refractivity contribution in [2.75, 3.05) is 6.61 Å². The van der Waals surface area contributed by atoms with Crippen LogP contribution in [0.25, 0.3) is 0 Å². The highest BCUT2D eigenvalue weighted by Crippen LogP contribution is 2.50. The van der Waals surface area contributed by atoms with Gasteiger partial charge in [-0.3, -0.25) is 0 Å². The molecule has 2 saturated carbocycles. The fourth-order valence-electron chi connectivity index (χ4n) is 4.15. The van der Waals surface area contributed by atoms with E-state index >= 15 is 0 Å². The molecule has 1 aromatic carbocycles. The third-order valence-corrected chi connectivity index (χ3v) is 5.74. The van der Waals surface area contributed by atoms with E-state index in [4.69, 9.17) is 10.5 Å². The lowest BCUT2D eigenvalue weighted by molar-refractivity contribution is 0.296.